The highest BCUT2D eigenvalue weighted by Gasteiger charge is 2.44. The maximum Gasteiger partial charge on any atom is 0.248 e. The molecule has 3 rings (SSSR count). The Morgan fingerprint density at radius 1 is 1.24 bits per heavy atom. The number of hydrogen-bond donors (Lipinski definition) is 0. The molecule has 0 unspecified atom stereocenters. The van der Waals surface area contributed by atoms with Gasteiger partial charge in [0, 0.05) is 46.0 Å². The number of likely N-dealkylation sites (tertiary alicyclic amines) is 1. The highest BCUT2D eigenvalue weighted by atomic mass is 16.2. The zero-order chi connectivity index (χ0) is 17.9. The topological polar surface area (TPSA) is 58.4 Å². The van der Waals surface area contributed by atoms with Crippen molar-refractivity contribution in [2.75, 3.05) is 27.2 Å². The van der Waals surface area contributed by atoms with Gasteiger partial charge in [-0.05, 0) is 38.5 Å². The van der Waals surface area contributed by atoms with Crippen molar-refractivity contribution in [1.29, 1.82) is 0 Å². The van der Waals surface area contributed by atoms with Gasteiger partial charge in [-0.15, -0.1) is 0 Å². The van der Waals surface area contributed by atoms with Gasteiger partial charge in [0.05, 0.1) is 6.33 Å². The molecule has 1 aliphatic carbocycles. The van der Waals surface area contributed by atoms with E-state index in [2.05, 4.69) is 11.1 Å². The summed E-state index contributed by atoms with van der Waals surface area (Å²) in [5, 5.41) is 0. The fourth-order valence-corrected chi connectivity index (χ4v) is 4.01. The average Bonchev–Trinajstić information content (AvgIpc) is 3.17. The maximum atomic E-state index is 12.9. The second kappa shape index (κ2) is 7.42. The highest BCUT2D eigenvalue weighted by molar-refractivity contribution is 5.85. The van der Waals surface area contributed by atoms with Crippen molar-refractivity contribution in [3.63, 3.8) is 0 Å². The number of rotatable bonds is 4. The van der Waals surface area contributed by atoms with Crippen molar-refractivity contribution in [1.82, 2.24) is 19.4 Å². The van der Waals surface area contributed by atoms with Gasteiger partial charge in [0.15, 0.2) is 0 Å². The molecule has 1 aromatic heterocycles. The van der Waals surface area contributed by atoms with E-state index >= 15 is 0 Å². The molecule has 1 saturated heterocycles. The number of nitrogens with zero attached hydrogens (tertiary/aromatic N) is 4. The molecule has 0 radical (unpaired) electrons. The van der Waals surface area contributed by atoms with Crippen LogP contribution in [0.25, 0.3) is 0 Å². The van der Waals surface area contributed by atoms with Gasteiger partial charge in [-0.1, -0.05) is 11.6 Å². The molecule has 1 aromatic rings. The van der Waals surface area contributed by atoms with Crippen molar-refractivity contribution in [3.05, 3.63) is 30.4 Å². The molecule has 2 heterocycles. The van der Waals surface area contributed by atoms with Gasteiger partial charge in [-0.3, -0.25) is 9.59 Å². The molecular weight excluding hydrogens is 316 g/mol. The lowest BCUT2D eigenvalue weighted by atomic mass is 9.85. The molecule has 6 heteroatoms. The lowest BCUT2D eigenvalue weighted by Crippen LogP contribution is -2.55. The Labute approximate surface area is 149 Å². The van der Waals surface area contributed by atoms with Crippen LogP contribution in [0.5, 0.6) is 0 Å². The number of likely N-dealkylation sites (N-methyl/N-ethyl adjacent to an activating group) is 1. The minimum atomic E-state index is -0.624. The summed E-state index contributed by atoms with van der Waals surface area (Å²) in [7, 11) is 3.57. The molecule has 0 N–H and O–H groups in total. The fourth-order valence-electron chi connectivity index (χ4n) is 4.01. The van der Waals surface area contributed by atoms with Crippen molar-refractivity contribution in [3.8, 4) is 0 Å². The molecule has 136 valence electrons. The van der Waals surface area contributed by atoms with E-state index in [4.69, 9.17) is 0 Å². The van der Waals surface area contributed by atoms with Crippen LogP contribution in [0, 0.1) is 0 Å². The van der Waals surface area contributed by atoms with Gasteiger partial charge in [0.25, 0.3) is 0 Å². The van der Waals surface area contributed by atoms with Crippen LogP contribution in [0.1, 0.15) is 44.9 Å². The third-order valence-electron chi connectivity index (χ3n) is 5.51. The van der Waals surface area contributed by atoms with E-state index in [-0.39, 0.29) is 11.8 Å². The van der Waals surface area contributed by atoms with Crippen LogP contribution in [0.2, 0.25) is 0 Å². The Kier molecular flexibility index (Phi) is 5.25. The van der Waals surface area contributed by atoms with Crippen molar-refractivity contribution in [2.24, 2.45) is 0 Å². The summed E-state index contributed by atoms with van der Waals surface area (Å²) in [6, 6.07) is 0. The van der Waals surface area contributed by atoms with Gasteiger partial charge in [0.1, 0.15) is 5.54 Å². The molecule has 0 spiro atoms. The zero-order valence-corrected chi connectivity index (χ0v) is 15.3. The number of allylic oxidation sites excluding steroid dienone is 1. The lowest BCUT2D eigenvalue weighted by molar-refractivity contribution is -0.144. The zero-order valence-electron chi connectivity index (χ0n) is 15.3. The summed E-state index contributed by atoms with van der Waals surface area (Å²) in [6.07, 6.45) is 13.9. The summed E-state index contributed by atoms with van der Waals surface area (Å²) in [4.78, 5) is 33.2. The Morgan fingerprint density at radius 3 is 2.56 bits per heavy atom. The first-order chi connectivity index (χ1) is 12.0. The molecule has 0 aromatic carbocycles. The van der Waals surface area contributed by atoms with Gasteiger partial charge >= 0.3 is 0 Å². The van der Waals surface area contributed by atoms with Crippen LogP contribution >= 0.6 is 0 Å². The molecule has 25 heavy (non-hydrogen) atoms. The van der Waals surface area contributed by atoms with E-state index in [1.54, 1.807) is 31.5 Å². The van der Waals surface area contributed by atoms with Crippen LogP contribution in [-0.4, -0.2) is 58.4 Å². The minimum Gasteiger partial charge on any atom is -0.347 e. The largest absolute Gasteiger partial charge is 0.347 e. The van der Waals surface area contributed by atoms with E-state index in [9.17, 15) is 9.59 Å². The van der Waals surface area contributed by atoms with Crippen LogP contribution in [0.4, 0.5) is 0 Å². The second-order valence-electron chi connectivity index (χ2n) is 7.37. The predicted octanol–water partition coefficient (Wildman–Crippen LogP) is 2.18. The van der Waals surface area contributed by atoms with E-state index in [0.717, 1.165) is 12.8 Å². The number of carbonyl (C=O) groups is 2. The van der Waals surface area contributed by atoms with Gasteiger partial charge in [0.2, 0.25) is 11.8 Å². The SMILES string of the molecule is CN(C)C(=O)C1(n2ccnc2)CCN(C(=O)CC2=CCCCC2)CC1. The van der Waals surface area contributed by atoms with Crippen LogP contribution < -0.4 is 0 Å². The third kappa shape index (κ3) is 3.62. The Morgan fingerprint density at radius 2 is 2.00 bits per heavy atom. The van der Waals surface area contributed by atoms with E-state index in [0.29, 0.717) is 32.4 Å². The summed E-state index contributed by atoms with van der Waals surface area (Å²) in [6.45, 7) is 1.23. The first-order valence-electron chi connectivity index (χ1n) is 9.19. The Hall–Kier alpha value is -2.11. The van der Waals surface area contributed by atoms with Gasteiger partial charge in [-0.25, -0.2) is 4.98 Å². The average molecular weight is 344 g/mol. The lowest BCUT2D eigenvalue weighted by Gasteiger charge is -2.42. The van der Waals surface area contributed by atoms with E-state index < -0.39 is 5.54 Å². The number of carbonyl (C=O) groups excluding carboxylic acids is 2. The normalized spacial score (nSPS) is 20.1. The van der Waals surface area contributed by atoms with Crippen LogP contribution in [-0.2, 0) is 15.1 Å². The molecule has 0 bridgehead atoms. The minimum absolute atomic E-state index is 0.0765. The first-order valence-corrected chi connectivity index (χ1v) is 9.19. The summed E-state index contributed by atoms with van der Waals surface area (Å²) in [5.41, 5.74) is 0.660. The first kappa shape index (κ1) is 17.7. The molecule has 2 amide bonds. The van der Waals surface area contributed by atoms with Gasteiger partial charge in [-0.2, -0.15) is 0 Å². The molecule has 2 aliphatic rings. The highest BCUT2D eigenvalue weighted by Crippen LogP contribution is 2.32. The number of aromatic nitrogens is 2. The van der Waals surface area contributed by atoms with Crippen molar-refractivity contribution < 1.29 is 9.59 Å². The molecule has 1 fully saturated rings. The number of hydrogen-bond acceptors (Lipinski definition) is 3. The Bertz CT molecular complexity index is 640. The number of imidazole rings is 1. The molecule has 0 atom stereocenters. The molecule has 0 saturated carbocycles. The van der Waals surface area contributed by atoms with Crippen LogP contribution in [0.3, 0.4) is 0 Å². The maximum absolute atomic E-state index is 12.9. The monoisotopic (exact) mass is 344 g/mol. The number of amides is 2. The predicted molar refractivity (Wildman–Crippen MR) is 95.9 cm³/mol. The molecular formula is C19H28N4O2. The van der Waals surface area contributed by atoms with Crippen molar-refractivity contribution >= 4 is 11.8 Å². The van der Waals surface area contributed by atoms with Gasteiger partial charge < -0.3 is 14.4 Å². The standard InChI is InChI=1S/C19H28N4O2/c1-21(2)18(25)19(23-13-10-20-15-23)8-11-22(12-9-19)17(24)14-16-6-4-3-5-7-16/h6,10,13,15H,3-5,7-9,11-12,14H2,1-2H3. The van der Waals surface area contributed by atoms with E-state index in [1.807, 2.05) is 15.7 Å². The third-order valence-corrected chi connectivity index (χ3v) is 5.51. The van der Waals surface area contributed by atoms with Crippen molar-refractivity contribution in [2.45, 2.75) is 50.5 Å². The number of piperidine rings is 1. The van der Waals surface area contributed by atoms with E-state index in [1.165, 1.54) is 18.4 Å². The van der Waals surface area contributed by atoms with Crippen LogP contribution in [0.15, 0.2) is 30.4 Å². The summed E-state index contributed by atoms with van der Waals surface area (Å²) < 4.78 is 1.92. The smallest absolute Gasteiger partial charge is 0.248 e. The summed E-state index contributed by atoms with van der Waals surface area (Å²) >= 11 is 0. The fraction of sp³-hybridized carbons (Fsp3) is 0.632. The quantitative estimate of drug-likeness (QED) is 0.787. The summed E-state index contributed by atoms with van der Waals surface area (Å²) in [5.74, 6) is 0.275. The molecule has 1 aliphatic heterocycles. The molecule has 6 nitrogen and oxygen atoms in total. The Balaban J connectivity index is 1.68. The second-order valence-corrected chi connectivity index (χ2v) is 7.37.